The Morgan fingerprint density at radius 3 is 2.56 bits per heavy atom. The van der Waals surface area contributed by atoms with E-state index in [9.17, 15) is 4.79 Å². The molecule has 1 aliphatic rings. The van der Waals surface area contributed by atoms with Gasteiger partial charge in [-0.25, -0.2) is 0 Å². The first-order chi connectivity index (χ1) is 7.79. The van der Waals surface area contributed by atoms with Gasteiger partial charge in [-0.2, -0.15) is 0 Å². The predicted octanol–water partition coefficient (Wildman–Crippen LogP) is 3.87. The molecule has 1 aliphatic carbocycles. The molecule has 1 nitrogen and oxygen atoms in total. The van der Waals surface area contributed by atoms with Crippen LogP contribution in [-0.2, 0) is 11.2 Å². The van der Waals surface area contributed by atoms with E-state index in [0.717, 1.165) is 19.3 Å². The highest BCUT2D eigenvalue weighted by Crippen LogP contribution is 2.32. The number of carbonyl (C=O) groups excluding carboxylic acids is 1. The van der Waals surface area contributed by atoms with Gasteiger partial charge in [-0.15, -0.1) is 0 Å². The maximum atomic E-state index is 11.2. The third-order valence-corrected chi connectivity index (χ3v) is 3.52. The number of carbonyl (C=O) groups is 1. The van der Waals surface area contributed by atoms with Gasteiger partial charge in [0.05, 0.1) is 0 Å². The summed E-state index contributed by atoms with van der Waals surface area (Å²) in [4.78, 5) is 11.2. The van der Waals surface area contributed by atoms with Crippen molar-refractivity contribution < 1.29 is 4.79 Å². The van der Waals surface area contributed by atoms with Crippen LogP contribution < -0.4 is 0 Å². The van der Waals surface area contributed by atoms with Crippen LogP contribution in [0.1, 0.15) is 56.1 Å². The zero-order valence-electron chi connectivity index (χ0n) is 10.0. The number of benzene rings is 1. The molecule has 0 saturated heterocycles. The van der Waals surface area contributed by atoms with E-state index >= 15 is 0 Å². The van der Waals surface area contributed by atoms with Gasteiger partial charge in [0.15, 0.2) is 0 Å². The molecular formula is C15H20O. The van der Waals surface area contributed by atoms with Crippen LogP contribution in [0.4, 0.5) is 0 Å². The van der Waals surface area contributed by atoms with Gasteiger partial charge in [-0.05, 0) is 36.3 Å². The molecule has 1 aromatic carbocycles. The van der Waals surface area contributed by atoms with Crippen LogP contribution in [0.25, 0.3) is 0 Å². The minimum Gasteiger partial charge on any atom is -0.300 e. The van der Waals surface area contributed by atoms with Crippen LogP contribution in [0.2, 0.25) is 0 Å². The molecule has 1 fully saturated rings. The average molecular weight is 216 g/mol. The minimum atomic E-state index is 0.431. The molecule has 86 valence electrons. The van der Waals surface area contributed by atoms with E-state index in [1.165, 1.54) is 30.4 Å². The fraction of sp³-hybridized carbons (Fsp3) is 0.533. The lowest BCUT2D eigenvalue weighted by atomic mass is 9.96. The van der Waals surface area contributed by atoms with E-state index < -0.39 is 0 Å². The average Bonchev–Trinajstić information content (AvgIpc) is 2.74. The van der Waals surface area contributed by atoms with Gasteiger partial charge >= 0.3 is 0 Å². The molecular weight excluding hydrogens is 196 g/mol. The molecule has 0 bridgehead atoms. The van der Waals surface area contributed by atoms with E-state index in [1.54, 1.807) is 0 Å². The lowest BCUT2D eigenvalue weighted by molar-refractivity contribution is -0.117. The molecule has 1 atom stereocenters. The first-order valence-electron chi connectivity index (χ1n) is 6.40. The largest absolute Gasteiger partial charge is 0.300 e. The summed E-state index contributed by atoms with van der Waals surface area (Å²) in [7, 11) is 0. The SMILES string of the molecule is CCCCc1ccc(C2CCC(=O)C2)cc1. The zero-order chi connectivity index (χ0) is 11.4. The Balaban J connectivity index is 1.99. The monoisotopic (exact) mass is 216 g/mol. The van der Waals surface area contributed by atoms with Crippen LogP contribution in [0.3, 0.4) is 0 Å². The molecule has 0 aromatic heterocycles. The Morgan fingerprint density at radius 2 is 2.00 bits per heavy atom. The topological polar surface area (TPSA) is 17.1 Å². The summed E-state index contributed by atoms with van der Waals surface area (Å²) in [6, 6.07) is 8.89. The van der Waals surface area contributed by atoms with Crippen molar-refractivity contribution in [3.8, 4) is 0 Å². The highest BCUT2D eigenvalue weighted by atomic mass is 16.1. The normalized spacial score (nSPS) is 20.3. The molecule has 0 heterocycles. The summed E-state index contributed by atoms with van der Waals surface area (Å²) < 4.78 is 0. The Bertz CT molecular complexity index is 350. The molecule has 0 amide bonds. The molecule has 16 heavy (non-hydrogen) atoms. The Labute approximate surface area is 97.9 Å². The van der Waals surface area contributed by atoms with Gasteiger partial charge in [-0.3, -0.25) is 4.79 Å². The van der Waals surface area contributed by atoms with Crippen LogP contribution in [0.5, 0.6) is 0 Å². The van der Waals surface area contributed by atoms with Crippen LogP contribution in [0, 0.1) is 0 Å². The molecule has 0 N–H and O–H groups in total. The molecule has 0 spiro atoms. The fourth-order valence-electron chi connectivity index (χ4n) is 2.44. The van der Waals surface area contributed by atoms with Gasteiger partial charge in [0.25, 0.3) is 0 Å². The first-order valence-corrected chi connectivity index (χ1v) is 6.40. The van der Waals surface area contributed by atoms with E-state index in [4.69, 9.17) is 0 Å². The third-order valence-electron chi connectivity index (χ3n) is 3.52. The van der Waals surface area contributed by atoms with Crippen molar-refractivity contribution >= 4 is 5.78 Å². The summed E-state index contributed by atoms with van der Waals surface area (Å²) in [5, 5.41) is 0. The van der Waals surface area contributed by atoms with Gasteiger partial charge in [0.2, 0.25) is 0 Å². The van der Waals surface area contributed by atoms with E-state index in [1.807, 2.05) is 0 Å². The van der Waals surface area contributed by atoms with Crippen molar-refractivity contribution in [2.75, 3.05) is 0 Å². The molecule has 1 unspecified atom stereocenters. The zero-order valence-corrected chi connectivity index (χ0v) is 10.0. The molecule has 0 radical (unpaired) electrons. The highest BCUT2D eigenvalue weighted by Gasteiger charge is 2.23. The number of unbranched alkanes of at least 4 members (excludes halogenated alkanes) is 1. The quantitative estimate of drug-likeness (QED) is 0.746. The minimum absolute atomic E-state index is 0.431. The van der Waals surface area contributed by atoms with Crippen LogP contribution >= 0.6 is 0 Å². The molecule has 0 aliphatic heterocycles. The fourth-order valence-corrected chi connectivity index (χ4v) is 2.44. The Hall–Kier alpha value is -1.11. The number of ketones is 1. The molecule has 1 saturated carbocycles. The van der Waals surface area contributed by atoms with E-state index in [-0.39, 0.29) is 0 Å². The van der Waals surface area contributed by atoms with Crippen molar-refractivity contribution in [1.82, 2.24) is 0 Å². The van der Waals surface area contributed by atoms with Crippen molar-refractivity contribution in [3.63, 3.8) is 0 Å². The van der Waals surface area contributed by atoms with E-state index in [2.05, 4.69) is 31.2 Å². The van der Waals surface area contributed by atoms with E-state index in [0.29, 0.717) is 11.7 Å². The summed E-state index contributed by atoms with van der Waals surface area (Å²) in [6.07, 6.45) is 6.28. The van der Waals surface area contributed by atoms with Gasteiger partial charge in [0, 0.05) is 12.8 Å². The second-order valence-electron chi connectivity index (χ2n) is 4.82. The number of hydrogen-bond donors (Lipinski definition) is 0. The molecule has 1 aromatic rings. The highest BCUT2D eigenvalue weighted by molar-refractivity contribution is 5.81. The number of hydrogen-bond acceptors (Lipinski definition) is 1. The van der Waals surface area contributed by atoms with Gasteiger partial charge in [0.1, 0.15) is 5.78 Å². The van der Waals surface area contributed by atoms with Crippen LogP contribution in [-0.4, -0.2) is 5.78 Å². The second-order valence-corrected chi connectivity index (χ2v) is 4.82. The maximum absolute atomic E-state index is 11.2. The lowest BCUT2D eigenvalue weighted by Crippen LogP contribution is -1.94. The smallest absolute Gasteiger partial charge is 0.133 e. The first kappa shape index (κ1) is 11.4. The summed E-state index contributed by atoms with van der Waals surface area (Å²) in [5.41, 5.74) is 2.78. The van der Waals surface area contributed by atoms with Crippen molar-refractivity contribution in [2.24, 2.45) is 0 Å². The second kappa shape index (κ2) is 5.29. The molecule has 1 heteroatoms. The van der Waals surface area contributed by atoms with Crippen molar-refractivity contribution in [2.45, 2.75) is 51.4 Å². The lowest BCUT2D eigenvalue weighted by Gasteiger charge is -2.09. The number of Topliss-reactive ketones (excluding diaryl/α,β-unsaturated/α-hetero) is 1. The number of aryl methyl sites for hydroxylation is 1. The standard InChI is InChI=1S/C15H20O/c1-2-3-4-12-5-7-13(8-6-12)14-9-10-15(16)11-14/h5-8,14H,2-4,9-11H2,1H3. The van der Waals surface area contributed by atoms with Crippen molar-refractivity contribution in [3.05, 3.63) is 35.4 Å². The third kappa shape index (κ3) is 2.72. The van der Waals surface area contributed by atoms with Crippen molar-refractivity contribution in [1.29, 1.82) is 0 Å². The Morgan fingerprint density at radius 1 is 1.25 bits per heavy atom. The van der Waals surface area contributed by atoms with Gasteiger partial charge in [-0.1, -0.05) is 37.6 Å². The number of rotatable bonds is 4. The molecule has 2 rings (SSSR count). The summed E-state index contributed by atoms with van der Waals surface area (Å²) >= 11 is 0. The Kier molecular flexibility index (Phi) is 3.76. The van der Waals surface area contributed by atoms with Gasteiger partial charge < -0.3 is 0 Å². The maximum Gasteiger partial charge on any atom is 0.133 e. The van der Waals surface area contributed by atoms with Crippen LogP contribution in [0.15, 0.2) is 24.3 Å². The summed E-state index contributed by atoms with van der Waals surface area (Å²) in [6.45, 7) is 2.22. The summed E-state index contributed by atoms with van der Waals surface area (Å²) in [5.74, 6) is 0.924. The predicted molar refractivity (Wildman–Crippen MR) is 66.7 cm³/mol.